The van der Waals surface area contributed by atoms with E-state index < -0.39 is 0 Å². The molecule has 6 heteroatoms. The summed E-state index contributed by atoms with van der Waals surface area (Å²) in [5.41, 5.74) is 2.86. The number of ether oxygens (including phenoxy) is 1. The second-order valence-corrected chi connectivity index (χ2v) is 8.19. The summed E-state index contributed by atoms with van der Waals surface area (Å²) in [6, 6.07) is 21.6. The zero-order valence-corrected chi connectivity index (χ0v) is 18.4. The molecule has 1 saturated heterocycles. The molecule has 3 aromatic rings. The van der Waals surface area contributed by atoms with Crippen LogP contribution in [0.3, 0.4) is 0 Å². The average molecular weight is 432 g/mol. The number of rotatable bonds is 7. The molecule has 6 nitrogen and oxygen atoms in total. The molecule has 1 aromatic heterocycles. The van der Waals surface area contributed by atoms with E-state index in [4.69, 9.17) is 4.74 Å². The Labute approximate surface area is 188 Å². The number of benzene rings is 2. The Kier molecular flexibility index (Phi) is 7.02. The SMILES string of the molecule is Cc1cc(=O)c(OCc2ccccc2)cn1CC(=O)N1CCN(Cc2ccccc2)CC1. The summed E-state index contributed by atoms with van der Waals surface area (Å²) in [5.74, 6) is 0.324. The van der Waals surface area contributed by atoms with Gasteiger partial charge in [-0.15, -0.1) is 0 Å². The molecule has 4 rings (SSSR count). The molecule has 0 aliphatic carbocycles. The van der Waals surface area contributed by atoms with E-state index in [0.717, 1.165) is 30.9 Å². The first-order valence-corrected chi connectivity index (χ1v) is 11.0. The minimum absolute atomic E-state index is 0.0603. The fraction of sp³-hybridized carbons (Fsp3) is 0.308. The van der Waals surface area contributed by atoms with Crippen molar-refractivity contribution < 1.29 is 9.53 Å². The number of hydrogen-bond acceptors (Lipinski definition) is 4. The van der Waals surface area contributed by atoms with Crippen molar-refractivity contribution in [2.45, 2.75) is 26.6 Å². The van der Waals surface area contributed by atoms with Gasteiger partial charge in [0.25, 0.3) is 0 Å². The molecule has 0 saturated carbocycles. The van der Waals surface area contributed by atoms with Gasteiger partial charge in [0.05, 0.1) is 6.20 Å². The Morgan fingerprint density at radius 3 is 2.19 bits per heavy atom. The van der Waals surface area contributed by atoms with E-state index in [2.05, 4.69) is 29.2 Å². The van der Waals surface area contributed by atoms with Gasteiger partial charge in [0, 0.05) is 44.5 Å². The van der Waals surface area contributed by atoms with Crippen molar-refractivity contribution in [1.82, 2.24) is 14.4 Å². The molecular weight excluding hydrogens is 402 g/mol. The summed E-state index contributed by atoms with van der Waals surface area (Å²) in [7, 11) is 0. The number of carbonyl (C=O) groups excluding carboxylic acids is 1. The van der Waals surface area contributed by atoms with Gasteiger partial charge in [-0.1, -0.05) is 60.7 Å². The minimum atomic E-state index is -0.170. The normalized spacial score (nSPS) is 14.3. The van der Waals surface area contributed by atoms with Crippen molar-refractivity contribution in [3.63, 3.8) is 0 Å². The molecule has 0 N–H and O–H groups in total. The van der Waals surface area contributed by atoms with Crippen LogP contribution in [0.25, 0.3) is 0 Å². The quantitative estimate of drug-likeness (QED) is 0.577. The molecule has 1 aliphatic heterocycles. The molecule has 0 bridgehead atoms. The number of aryl methyl sites for hydroxylation is 1. The van der Waals surface area contributed by atoms with E-state index in [9.17, 15) is 9.59 Å². The van der Waals surface area contributed by atoms with Crippen LogP contribution in [0, 0.1) is 6.92 Å². The predicted octanol–water partition coefficient (Wildman–Crippen LogP) is 3.08. The number of carbonyl (C=O) groups is 1. The van der Waals surface area contributed by atoms with Gasteiger partial charge in [-0.25, -0.2) is 0 Å². The number of amides is 1. The van der Waals surface area contributed by atoms with Crippen LogP contribution in [-0.4, -0.2) is 46.5 Å². The monoisotopic (exact) mass is 431 g/mol. The van der Waals surface area contributed by atoms with Gasteiger partial charge >= 0.3 is 0 Å². The third kappa shape index (κ3) is 5.65. The summed E-state index contributed by atoms with van der Waals surface area (Å²) in [6.45, 7) is 6.40. The van der Waals surface area contributed by atoms with Crippen LogP contribution >= 0.6 is 0 Å². The highest BCUT2D eigenvalue weighted by atomic mass is 16.5. The molecule has 0 radical (unpaired) electrons. The smallest absolute Gasteiger partial charge is 0.242 e. The van der Waals surface area contributed by atoms with Crippen LogP contribution < -0.4 is 10.2 Å². The second kappa shape index (κ2) is 10.3. The lowest BCUT2D eigenvalue weighted by Gasteiger charge is -2.35. The minimum Gasteiger partial charge on any atom is -0.483 e. The number of nitrogens with zero attached hydrogens (tertiary/aromatic N) is 3. The van der Waals surface area contributed by atoms with E-state index >= 15 is 0 Å². The largest absolute Gasteiger partial charge is 0.483 e. The fourth-order valence-corrected chi connectivity index (χ4v) is 3.91. The van der Waals surface area contributed by atoms with Crippen molar-refractivity contribution in [2.75, 3.05) is 26.2 Å². The highest BCUT2D eigenvalue weighted by Crippen LogP contribution is 2.12. The Bertz CT molecular complexity index is 1090. The molecule has 1 fully saturated rings. The highest BCUT2D eigenvalue weighted by Gasteiger charge is 2.21. The van der Waals surface area contributed by atoms with Crippen molar-refractivity contribution >= 4 is 5.91 Å². The lowest BCUT2D eigenvalue weighted by molar-refractivity contribution is -0.133. The zero-order chi connectivity index (χ0) is 22.3. The summed E-state index contributed by atoms with van der Waals surface area (Å²) >= 11 is 0. The van der Waals surface area contributed by atoms with Crippen molar-refractivity contribution in [3.05, 3.63) is 100.0 Å². The molecule has 0 spiro atoms. The van der Waals surface area contributed by atoms with Crippen molar-refractivity contribution in [2.24, 2.45) is 0 Å². The number of aromatic nitrogens is 1. The fourth-order valence-electron chi connectivity index (χ4n) is 3.91. The topological polar surface area (TPSA) is 54.8 Å². The summed E-state index contributed by atoms with van der Waals surface area (Å²) in [5, 5.41) is 0. The van der Waals surface area contributed by atoms with Crippen LogP contribution in [0.1, 0.15) is 16.8 Å². The van der Waals surface area contributed by atoms with Crippen LogP contribution in [0.15, 0.2) is 77.7 Å². The predicted molar refractivity (Wildman–Crippen MR) is 125 cm³/mol. The number of pyridine rings is 1. The highest BCUT2D eigenvalue weighted by molar-refractivity contribution is 5.76. The van der Waals surface area contributed by atoms with Crippen molar-refractivity contribution in [1.29, 1.82) is 0 Å². The molecule has 32 heavy (non-hydrogen) atoms. The molecule has 166 valence electrons. The first kappa shape index (κ1) is 21.8. The van der Waals surface area contributed by atoms with Gasteiger partial charge < -0.3 is 14.2 Å². The van der Waals surface area contributed by atoms with Crippen LogP contribution in [0.4, 0.5) is 0 Å². The van der Waals surface area contributed by atoms with E-state index in [-0.39, 0.29) is 23.6 Å². The van der Waals surface area contributed by atoms with Gasteiger partial charge in [0.2, 0.25) is 11.3 Å². The number of piperazine rings is 1. The summed E-state index contributed by atoms with van der Waals surface area (Å²) < 4.78 is 7.56. The Morgan fingerprint density at radius 2 is 1.53 bits per heavy atom. The van der Waals surface area contributed by atoms with Crippen LogP contribution in [0.5, 0.6) is 5.75 Å². The Hall–Kier alpha value is -3.38. The molecule has 1 aliphatic rings. The maximum atomic E-state index is 12.9. The first-order chi connectivity index (χ1) is 15.6. The second-order valence-electron chi connectivity index (χ2n) is 8.19. The first-order valence-electron chi connectivity index (χ1n) is 11.0. The van der Waals surface area contributed by atoms with E-state index in [1.54, 1.807) is 10.8 Å². The zero-order valence-electron chi connectivity index (χ0n) is 18.4. The molecule has 2 heterocycles. The summed E-state index contributed by atoms with van der Waals surface area (Å²) in [6.07, 6.45) is 1.66. The lowest BCUT2D eigenvalue weighted by atomic mass is 10.2. The van der Waals surface area contributed by atoms with E-state index in [1.165, 1.54) is 11.6 Å². The molecular formula is C26H29N3O3. The van der Waals surface area contributed by atoms with E-state index in [0.29, 0.717) is 19.7 Å². The molecule has 2 aromatic carbocycles. The maximum absolute atomic E-state index is 12.9. The Morgan fingerprint density at radius 1 is 0.906 bits per heavy atom. The molecule has 1 amide bonds. The maximum Gasteiger partial charge on any atom is 0.242 e. The molecule has 0 unspecified atom stereocenters. The van der Waals surface area contributed by atoms with Crippen LogP contribution in [0.2, 0.25) is 0 Å². The van der Waals surface area contributed by atoms with Crippen LogP contribution in [-0.2, 0) is 24.5 Å². The standard InChI is InChI=1S/C26H29N3O3/c1-21-16-24(30)25(32-20-23-10-6-3-7-11-23)18-29(21)19-26(31)28-14-12-27(13-15-28)17-22-8-4-2-5-9-22/h2-11,16,18H,12-15,17,19-20H2,1H3. The number of hydrogen-bond donors (Lipinski definition) is 0. The van der Waals surface area contributed by atoms with Gasteiger partial charge in [-0.05, 0) is 18.1 Å². The molecule has 0 atom stereocenters. The van der Waals surface area contributed by atoms with Crippen molar-refractivity contribution in [3.8, 4) is 5.75 Å². The third-order valence-electron chi connectivity index (χ3n) is 5.83. The van der Waals surface area contributed by atoms with Gasteiger partial charge in [-0.3, -0.25) is 14.5 Å². The lowest BCUT2D eigenvalue weighted by Crippen LogP contribution is -2.49. The average Bonchev–Trinajstić information content (AvgIpc) is 2.82. The third-order valence-corrected chi connectivity index (χ3v) is 5.83. The van der Waals surface area contributed by atoms with Gasteiger partial charge in [-0.2, -0.15) is 0 Å². The van der Waals surface area contributed by atoms with Gasteiger partial charge in [0.1, 0.15) is 13.2 Å². The van der Waals surface area contributed by atoms with Gasteiger partial charge in [0.15, 0.2) is 5.75 Å². The van der Waals surface area contributed by atoms with E-state index in [1.807, 2.05) is 48.2 Å². The Balaban J connectivity index is 1.34. The summed E-state index contributed by atoms with van der Waals surface area (Å²) in [4.78, 5) is 29.6.